The predicted molar refractivity (Wildman–Crippen MR) is 38.5 cm³/mol. The van der Waals surface area contributed by atoms with Crippen LogP contribution in [0.25, 0.3) is 0 Å². The Bertz CT molecular complexity index is 104. The maximum atomic E-state index is 9.44. The molecule has 2 unspecified atom stereocenters. The summed E-state index contributed by atoms with van der Waals surface area (Å²) in [5.41, 5.74) is 0. The summed E-state index contributed by atoms with van der Waals surface area (Å²) in [7, 11) is -2.65. The highest BCUT2D eigenvalue weighted by Gasteiger charge is 1.93. The molecular formula is C2H11NO5P2. The molecule has 0 aliphatic carbocycles. The van der Waals surface area contributed by atoms with E-state index in [1.807, 2.05) is 14.1 Å². The monoisotopic (exact) mass is 191 g/mol. The topological polar surface area (TPSA) is 95.9 Å². The Morgan fingerprint density at radius 2 is 1.40 bits per heavy atom. The lowest BCUT2D eigenvalue weighted by atomic mass is 11.3. The molecule has 10 heavy (non-hydrogen) atoms. The van der Waals surface area contributed by atoms with Crippen molar-refractivity contribution in [2.75, 3.05) is 14.1 Å². The summed E-state index contributed by atoms with van der Waals surface area (Å²) in [6.45, 7) is 0. The Kier molecular flexibility index (Phi) is 12.0. The van der Waals surface area contributed by atoms with Crippen molar-refractivity contribution >= 4 is 16.5 Å². The van der Waals surface area contributed by atoms with E-state index in [1.165, 1.54) is 0 Å². The van der Waals surface area contributed by atoms with E-state index < -0.39 is 16.5 Å². The molecule has 0 aromatic heterocycles. The van der Waals surface area contributed by atoms with Gasteiger partial charge in [-0.1, -0.05) is 0 Å². The molecule has 3 N–H and O–H groups in total. The van der Waals surface area contributed by atoms with Crippen molar-refractivity contribution < 1.29 is 23.2 Å². The van der Waals surface area contributed by atoms with Gasteiger partial charge in [-0.15, -0.1) is 0 Å². The van der Waals surface area contributed by atoms with Crippen LogP contribution in [-0.4, -0.2) is 23.9 Å². The van der Waals surface area contributed by atoms with Gasteiger partial charge in [0.25, 0.3) is 0 Å². The molecule has 8 heteroatoms. The average molecular weight is 191 g/mol. The molecule has 0 heterocycles. The highest BCUT2D eigenvalue weighted by Crippen LogP contribution is 2.30. The van der Waals surface area contributed by atoms with Crippen LogP contribution in [0.15, 0.2) is 0 Å². The van der Waals surface area contributed by atoms with Crippen molar-refractivity contribution in [1.82, 2.24) is 5.32 Å². The average Bonchev–Trinajstić information content (AvgIpc) is 1.62. The second kappa shape index (κ2) is 9.30. The molecule has 0 saturated heterocycles. The third kappa shape index (κ3) is 23.9. The van der Waals surface area contributed by atoms with Gasteiger partial charge in [0.05, 0.1) is 0 Å². The van der Waals surface area contributed by atoms with Gasteiger partial charge in [-0.25, -0.2) is 4.31 Å². The zero-order chi connectivity index (χ0) is 8.57. The van der Waals surface area contributed by atoms with E-state index in [9.17, 15) is 9.13 Å². The largest absolute Gasteiger partial charge is 0.326 e. The van der Waals surface area contributed by atoms with Gasteiger partial charge in [0.2, 0.25) is 0 Å². The summed E-state index contributed by atoms with van der Waals surface area (Å²) in [6, 6.07) is 0. The van der Waals surface area contributed by atoms with Gasteiger partial charge in [-0.05, 0) is 14.1 Å². The molecular weight excluding hydrogens is 180 g/mol. The van der Waals surface area contributed by atoms with E-state index in [4.69, 9.17) is 9.79 Å². The van der Waals surface area contributed by atoms with Crippen molar-refractivity contribution in [2.24, 2.45) is 0 Å². The van der Waals surface area contributed by atoms with Gasteiger partial charge in [-0.2, -0.15) is 0 Å². The summed E-state index contributed by atoms with van der Waals surface area (Å²) in [5, 5.41) is 2.75. The minimum absolute atomic E-state index is 1.88. The molecule has 0 bridgehead atoms. The van der Waals surface area contributed by atoms with Gasteiger partial charge in [0, 0.05) is 0 Å². The van der Waals surface area contributed by atoms with E-state index in [0.717, 1.165) is 0 Å². The fourth-order valence-corrected chi connectivity index (χ4v) is 0.672. The Morgan fingerprint density at radius 3 is 1.40 bits per heavy atom. The first-order chi connectivity index (χ1) is 4.54. The lowest BCUT2D eigenvalue weighted by Crippen LogP contribution is -1.89. The van der Waals surface area contributed by atoms with Crippen molar-refractivity contribution in [3.8, 4) is 0 Å². The maximum absolute atomic E-state index is 9.44. The second-order valence-corrected chi connectivity index (χ2v) is 3.01. The quantitative estimate of drug-likeness (QED) is 0.514. The summed E-state index contributed by atoms with van der Waals surface area (Å²) in [5.74, 6) is 0. The van der Waals surface area contributed by atoms with Crippen LogP contribution in [0.5, 0.6) is 0 Å². The van der Waals surface area contributed by atoms with Crippen molar-refractivity contribution in [1.29, 1.82) is 0 Å². The van der Waals surface area contributed by atoms with E-state index >= 15 is 0 Å². The highest BCUT2D eigenvalue weighted by molar-refractivity contribution is 7.46. The zero-order valence-corrected chi connectivity index (χ0v) is 7.62. The molecule has 0 aromatic carbocycles. The van der Waals surface area contributed by atoms with Crippen LogP contribution in [-0.2, 0) is 13.4 Å². The van der Waals surface area contributed by atoms with Crippen LogP contribution in [0, 0.1) is 0 Å². The zero-order valence-electron chi connectivity index (χ0n) is 5.62. The van der Waals surface area contributed by atoms with Gasteiger partial charge < -0.3 is 15.1 Å². The van der Waals surface area contributed by atoms with Crippen LogP contribution in [0.1, 0.15) is 0 Å². The fourth-order valence-electron chi connectivity index (χ4n) is 0.0747. The first-order valence-corrected chi connectivity index (χ1v) is 4.79. The third-order valence-corrected chi connectivity index (χ3v) is 1.57. The minimum atomic E-state index is -3.20. The van der Waals surface area contributed by atoms with Crippen molar-refractivity contribution in [3.63, 3.8) is 0 Å². The Labute approximate surface area is 60.1 Å². The molecule has 64 valence electrons. The predicted octanol–water partition coefficient (Wildman–Crippen LogP) is -0.397. The smallest absolute Gasteiger partial charge is 0.323 e. The lowest BCUT2D eigenvalue weighted by molar-refractivity contribution is 0.371. The van der Waals surface area contributed by atoms with Gasteiger partial charge >= 0.3 is 16.5 Å². The number of nitrogens with one attached hydrogen (secondary N) is 1. The van der Waals surface area contributed by atoms with E-state index in [-0.39, 0.29) is 0 Å². The highest BCUT2D eigenvalue weighted by atomic mass is 31.2. The SMILES string of the molecule is CNC.O=[PH](O)O[PH](=O)O. The van der Waals surface area contributed by atoms with Crippen LogP contribution in [0.4, 0.5) is 0 Å². The van der Waals surface area contributed by atoms with Crippen LogP contribution >= 0.6 is 16.5 Å². The fraction of sp³-hybridized carbons (Fsp3) is 1.00. The number of hydrogen-bond acceptors (Lipinski definition) is 4. The number of rotatable bonds is 2. The summed E-state index contributed by atoms with van der Waals surface area (Å²) >= 11 is 0. The summed E-state index contributed by atoms with van der Waals surface area (Å²) < 4.78 is 22.3. The van der Waals surface area contributed by atoms with E-state index in [2.05, 4.69) is 9.63 Å². The molecule has 0 saturated carbocycles. The molecule has 2 atom stereocenters. The van der Waals surface area contributed by atoms with Crippen LogP contribution in [0.3, 0.4) is 0 Å². The van der Waals surface area contributed by atoms with Crippen molar-refractivity contribution in [3.05, 3.63) is 0 Å². The van der Waals surface area contributed by atoms with Gasteiger partial charge in [-0.3, -0.25) is 9.13 Å². The summed E-state index contributed by atoms with van der Waals surface area (Å²) in [4.78, 5) is 15.4. The second-order valence-electron chi connectivity index (χ2n) is 1.13. The molecule has 0 radical (unpaired) electrons. The number of hydrogen-bond donors (Lipinski definition) is 3. The van der Waals surface area contributed by atoms with E-state index in [0.29, 0.717) is 0 Å². The molecule has 0 aliphatic heterocycles. The summed E-state index contributed by atoms with van der Waals surface area (Å²) in [6.07, 6.45) is 0. The first kappa shape index (κ1) is 12.9. The molecule has 0 amide bonds. The van der Waals surface area contributed by atoms with Gasteiger partial charge in [0.15, 0.2) is 0 Å². The molecule has 0 spiro atoms. The Balaban J connectivity index is 0. The first-order valence-electron chi connectivity index (χ1n) is 2.26. The molecule has 0 rings (SSSR count). The molecule has 0 aliphatic rings. The third-order valence-electron chi connectivity index (χ3n) is 0.175. The Morgan fingerprint density at radius 1 is 1.20 bits per heavy atom. The van der Waals surface area contributed by atoms with Crippen LogP contribution < -0.4 is 5.32 Å². The van der Waals surface area contributed by atoms with Crippen LogP contribution in [0.2, 0.25) is 0 Å². The maximum Gasteiger partial charge on any atom is 0.323 e. The van der Waals surface area contributed by atoms with E-state index in [1.54, 1.807) is 0 Å². The lowest BCUT2D eigenvalue weighted by Gasteiger charge is -1.86. The molecule has 0 fully saturated rings. The Hall–Kier alpha value is 0.300. The van der Waals surface area contributed by atoms with Crippen molar-refractivity contribution in [2.45, 2.75) is 0 Å². The normalized spacial score (nSPS) is 14.8. The minimum Gasteiger partial charge on any atom is -0.326 e. The van der Waals surface area contributed by atoms with Gasteiger partial charge in [0.1, 0.15) is 0 Å². The standard InChI is InChI=1S/C2H7N.H4O5P2/c1-3-2;1-6(2)5-7(3)4/h3H,1-2H3;6-7H,(H,1,2)(H,3,4). The molecule has 0 aromatic rings. The molecule has 6 nitrogen and oxygen atoms in total.